The van der Waals surface area contributed by atoms with E-state index in [1.165, 1.54) is 5.56 Å². The molecule has 1 fully saturated rings. The van der Waals surface area contributed by atoms with Crippen molar-refractivity contribution in [3.8, 4) is 11.5 Å². The zero-order chi connectivity index (χ0) is 23.2. The third-order valence-electron chi connectivity index (χ3n) is 5.76. The van der Waals surface area contributed by atoms with Gasteiger partial charge in [0.15, 0.2) is 11.5 Å². The molecule has 5 nitrogen and oxygen atoms in total. The molecule has 1 heterocycles. The number of rotatable bonds is 8. The van der Waals surface area contributed by atoms with Gasteiger partial charge in [-0.1, -0.05) is 51.8 Å². The van der Waals surface area contributed by atoms with E-state index in [2.05, 4.69) is 57.3 Å². The number of nitrogens with zero attached hydrogens (tertiary/aromatic N) is 1. The van der Waals surface area contributed by atoms with E-state index in [4.69, 9.17) is 25.8 Å². The quantitative estimate of drug-likeness (QED) is 0.362. The van der Waals surface area contributed by atoms with Crippen LogP contribution in [0.5, 0.6) is 11.5 Å². The fraction of sp³-hybridized carbons (Fsp3) is 0.308. The average molecular weight is 532 g/mol. The Morgan fingerprint density at radius 2 is 1.82 bits per heavy atom. The molecule has 1 N–H and O–H groups in total. The van der Waals surface area contributed by atoms with E-state index in [1.807, 2.05) is 30.3 Å². The Kier molecular flexibility index (Phi) is 8.02. The van der Waals surface area contributed by atoms with Crippen molar-refractivity contribution in [1.82, 2.24) is 0 Å². The SMILES string of the molecule is COc1cc(CNc2ccc(N3CCOCC3)c(Cl)c2)c(Br)cc1OCc1ccccc1C. The van der Waals surface area contributed by atoms with Crippen molar-refractivity contribution >= 4 is 38.9 Å². The van der Waals surface area contributed by atoms with Crippen LogP contribution in [0.2, 0.25) is 5.02 Å². The number of hydrogen-bond acceptors (Lipinski definition) is 5. The van der Waals surface area contributed by atoms with Gasteiger partial charge in [0.25, 0.3) is 0 Å². The van der Waals surface area contributed by atoms with E-state index in [0.717, 1.165) is 58.3 Å². The lowest BCUT2D eigenvalue weighted by Gasteiger charge is -2.29. The van der Waals surface area contributed by atoms with Gasteiger partial charge in [-0.3, -0.25) is 0 Å². The molecular weight excluding hydrogens is 504 g/mol. The summed E-state index contributed by atoms with van der Waals surface area (Å²) >= 11 is 10.3. The summed E-state index contributed by atoms with van der Waals surface area (Å²) in [7, 11) is 1.66. The van der Waals surface area contributed by atoms with Gasteiger partial charge in [0.05, 0.1) is 31.0 Å². The van der Waals surface area contributed by atoms with Crippen LogP contribution in [0.4, 0.5) is 11.4 Å². The van der Waals surface area contributed by atoms with E-state index in [0.29, 0.717) is 24.7 Å². The lowest BCUT2D eigenvalue weighted by atomic mass is 10.1. The topological polar surface area (TPSA) is 43.0 Å². The molecule has 0 amide bonds. The fourth-order valence-corrected chi connectivity index (χ4v) is 4.55. The molecule has 3 aromatic rings. The highest BCUT2D eigenvalue weighted by atomic mass is 79.9. The summed E-state index contributed by atoms with van der Waals surface area (Å²) in [6.45, 7) is 6.37. The number of aryl methyl sites for hydroxylation is 1. The number of ether oxygens (including phenoxy) is 3. The molecule has 0 aliphatic carbocycles. The highest BCUT2D eigenvalue weighted by Gasteiger charge is 2.15. The lowest BCUT2D eigenvalue weighted by molar-refractivity contribution is 0.122. The molecule has 0 saturated carbocycles. The average Bonchev–Trinajstić information content (AvgIpc) is 2.83. The molecule has 7 heteroatoms. The Bertz CT molecular complexity index is 1100. The minimum Gasteiger partial charge on any atom is -0.493 e. The third kappa shape index (κ3) is 5.94. The van der Waals surface area contributed by atoms with Gasteiger partial charge in [0.1, 0.15) is 6.61 Å². The maximum atomic E-state index is 6.57. The summed E-state index contributed by atoms with van der Waals surface area (Å²) in [6, 6.07) is 18.3. The molecule has 0 bridgehead atoms. The van der Waals surface area contributed by atoms with Crippen LogP contribution in [0.1, 0.15) is 16.7 Å². The predicted molar refractivity (Wildman–Crippen MR) is 138 cm³/mol. The van der Waals surface area contributed by atoms with Crippen LogP contribution in [0.15, 0.2) is 59.1 Å². The first-order valence-corrected chi connectivity index (χ1v) is 12.1. The summed E-state index contributed by atoms with van der Waals surface area (Å²) in [5.41, 5.74) is 5.42. The van der Waals surface area contributed by atoms with Crippen LogP contribution in [0, 0.1) is 6.92 Å². The van der Waals surface area contributed by atoms with Gasteiger partial charge < -0.3 is 24.4 Å². The molecule has 0 unspecified atom stereocenters. The number of halogens is 2. The van der Waals surface area contributed by atoms with Crippen LogP contribution >= 0.6 is 27.5 Å². The Morgan fingerprint density at radius 3 is 2.55 bits per heavy atom. The monoisotopic (exact) mass is 530 g/mol. The lowest BCUT2D eigenvalue weighted by Crippen LogP contribution is -2.36. The highest BCUT2D eigenvalue weighted by Crippen LogP contribution is 2.35. The molecule has 1 aliphatic rings. The van der Waals surface area contributed by atoms with E-state index >= 15 is 0 Å². The molecule has 4 rings (SSSR count). The van der Waals surface area contributed by atoms with Gasteiger partial charge in [-0.05, 0) is 53.9 Å². The number of methoxy groups -OCH3 is 1. The number of anilines is 2. The van der Waals surface area contributed by atoms with E-state index < -0.39 is 0 Å². The minimum absolute atomic E-state index is 0.487. The Hall–Kier alpha value is -2.41. The molecule has 174 valence electrons. The second-order valence-corrected chi connectivity index (χ2v) is 9.19. The summed E-state index contributed by atoms with van der Waals surface area (Å²) < 4.78 is 18.1. The van der Waals surface area contributed by atoms with E-state index in [9.17, 15) is 0 Å². The number of morpholine rings is 1. The van der Waals surface area contributed by atoms with Gasteiger partial charge in [0.2, 0.25) is 0 Å². The molecule has 0 spiro atoms. The second-order valence-electron chi connectivity index (χ2n) is 7.93. The molecule has 1 saturated heterocycles. The van der Waals surface area contributed by atoms with Gasteiger partial charge in [-0.25, -0.2) is 0 Å². The fourth-order valence-electron chi connectivity index (χ4n) is 3.79. The number of benzene rings is 3. The standard InChI is InChI=1S/C26H28BrClN2O3/c1-18-5-3-4-6-19(18)17-33-26-15-22(27)20(13-25(26)31-2)16-29-21-7-8-24(23(28)14-21)30-9-11-32-12-10-30/h3-8,13-15,29H,9-12,16-17H2,1-2H3. The maximum absolute atomic E-state index is 6.57. The summed E-state index contributed by atoms with van der Waals surface area (Å²) in [4.78, 5) is 2.26. The van der Waals surface area contributed by atoms with Crippen LogP contribution in [0.25, 0.3) is 0 Å². The van der Waals surface area contributed by atoms with Crippen molar-refractivity contribution in [2.24, 2.45) is 0 Å². The number of hydrogen-bond donors (Lipinski definition) is 1. The van der Waals surface area contributed by atoms with Crippen molar-refractivity contribution in [3.63, 3.8) is 0 Å². The first-order valence-electron chi connectivity index (χ1n) is 10.9. The minimum atomic E-state index is 0.487. The zero-order valence-electron chi connectivity index (χ0n) is 18.9. The Morgan fingerprint density at radius 1 is 1.03 bits per heavy atom. The van der Waals surface area contributed by atoms with Crippen molar-refractivity contribution < 1.29 is 14.2 Å². The third-order valence-corrected chi connectivity index (χ3v) is 6.80. The van der Waals surface area contributed by atoms with Crippen molar-refractivity contribution in [1.29, 1.82) is 0 Å². The summed E-state index contributed by atoms with van der Waals surface area (Å²) in [6.07, 6.45) is 0. The van der Waals surface area contributed by atoms with E-state index in [1.54, 1.807) is 7.11 Å². The van der Waals surface area contributed by atoms with Gasteiger partial charge in [0, 0.05) is 29.8 Å². The molecule has 1 aliphatic heterocycles. The molecule has 33 heavy (non-hydrogen) atoms. The van der Waals surface area contributed by atoms with Crippen LogP contribution < -0.4 is 19.7 Å². The smallest absolute Gasteiger partial charge is 0.162 e. The predicted octanol–water partition coefficient (Wildman–Crippen LogP) is 6.45. The van der Waals surface area contributed by atoms with E-state index in [-0.39, 0.29) is 0 Å². The molecule has 0 radical (unpaired) electrons. The normalized spacial score (nSPS) is 13.6. The van der Waals surface area contributed by atoms with Crippen LogP contribution in [0.3, 0.4) is 0 Å². The highest BCUT2D eigenvalue weighted by molar-refractivity contribution is 9.10. The van der Waals surface area contributed by atoms with Gasteiger partial charge >= 0.3 is 0 Å². The Balaban J connectivity index is 1.43. The molecule has 0 atom stereocenters. The van der Waals surface area contributed by atoms with Crippen molar-refractivity contribution in [2.75, 3.05) is 43.6 Å². The van der Waals surface area contributed by atoms with Crippen LogP contribution in [-0.4, -0.2) is 33.4 Å². The van der Waals surface area contributed by atoms with Crippen molar-refractivity contribution in [2.45, 2.75) is 20.1 Å². The van der Waals surface area contributed by atoms with Gasteiger partial charge in [-0.2, -0.15) is 0 Å². The van der Waals surface area contributed by atoms with Crippen LogP contribution in [-0.2, 0) is 17.9 Å². The first-order chi connectivity index (χ1) is 16.0. The second kappa shape index (κ2) is 11.1. The Labute approximate surface area is 208 Å². The molecule has 3 aromatic carbocycles. The largest absolute Gasteiger partial charge is 0.493 e. The zero-order valence-corrected chi connectivity index (χ0v) is 21.2. The number of nitrogens with one attached hydrogen (secondary N) is 1. The first kappa shape index (κ1) is 23.7. The van der Waals surface area contributed by atoms with Crippen molar-refractivity contribution in [3.05, 3.63) is 80.8 Å². The summed E-state index contributed by atoms with van der Waals surface area (Å²) in [5.74, 6) is 1.40. The van der Waals surface area contributed by atoms with Gasteiger partial charge in [-0.15, -0.1) is 0 Å². The molecular formula is C26H28BrClN2O3. The maximum Gasteiger partial charge on any atom is 0.162 e. The summed E-state index contributed by atoms with van der Waals surface area (Å²) in [5, 5.41) is 4.19. The molecule has 0 aromatic heterocycles.